The Balaban J connectivity index is 1.48. The molecule has 0 saturated carbocycles. The van der Waals surface area contributed by atoms with Gasteiger partial charge in [0.25, 0.3) is 0 Å². The number of fused-ring (bicyclic) bond motifs is 2. The van der Waals surface area contributed by atoms with Crippen LogP contribution in [0.2, 0.25) is 0 Å². The first kappa shape index (κ1) is 17.5. The number of hydrogen-bond donors (Lipinski definition) is 0. The molecule has 3 atom stereocenters. The van der Waals surface area contributed by atoms with E-state index in [0.29, 0.717) is 7.35 Å². The van der Waals surface area contributed by atoms with Crippen LogP contribution in [0.4, 0.5) is 0 Å². The first-order valence-electron chi connectivity index (χ1n) is 9.46. The van der Waals surface area contributed by atoms with E-state index in [4.69, 9.17) is 0 Å². The molecule has 0 saturated heterocycles. The molecule has 130 valence electrons. The van der Waals surface area contributed by atoms with Gasteiger partial charge in [0.05, 0.1) is 0 Å². The Kier molecular flexibility index (Phi) is 4.84. The summed E-state index contributed by atoms with van der Waals surface area (Å²) in [6, 6.07) is 27.0. The molecule has 3 aromatic carbocycles. The van der Waals surface area contributed by atoms with Crippen LogP contribution in [0.1, 0.15) is 35.2 Å². The number of rotatable bonds is 4. The molecule has 5 rings (SSSR count). The number of aryl methyl sites for hydroxylation is 1. The normalized spacial score (nSPS) is 20.0. The van der Waals surface area contributed by atoms with Gasteiger partial charge in [0.2, 0.25) is 0 Å². The van der Waals surface area contributed by atoms with Gasteiger partial charge in [-0.25, -0.2) is 0 Å². The van der Waals surface area contributed by atoms with Crippen molar-refractivity contribution < 1.29 is 22.9 Å². The fourth-order valence-electron chi connectivity index (χ4n) is 4.05. The zero-order chi connectivity index (χ0) is 18.2. The summed E-state index contributed by atoms with van der Waals surface area (Å²) in [7, 11) is 0.795. The second-order valence-corrected chi connectivity index (χ2v) is 14.1. The summed E-state index contributed by atoms with van der Waals surface area (Å²) in [6.45, 7) is 2.25. The molecule has 3 aromatic rings. The van der Waals surface area contributed by atoms with E-state index in [2.05, 4.69) is 97.9 Å². The van der Waals surface area contributed by atoms with E-state index in [-0.39, 0.29) is 0 Å². The summed E-state index contributed by atoms with van der Waals surface area (Å²) < 4.78 is 1.42. The van der Waals surface area contributed by atoms with Crippen LogP contribution in [0.25, 0.3) is 12.2 Å². The van der Waals surface area contributed by atoms with Crippen LogP contribution in [0.3, 0.4) is 0 Å². The van der Waals surface area contributed by atoms with Crippen molar-refractivity contribution in [1.29, 1.82) is 0 Å². The van der Waals surface area contributed by atoms with E-state index in [1.165, 1.54) is 22.0 Å². The van der Waals surface area contributed by atoms with Gasteiger partial charge < -0.3 is 0 Å². The van der Waals surface area contributed by atoms with Crippen LogP contribution in [0.15, 0.2) is 84.2 Å². The molecule has 0 amide bonds. The molecular weight excluding hydrogens is 510 g/mol. The quantitative estimate of drug-likeness (QED) is 0.276. The topological polar surface area (TPSA) is 0 Å². The molecule has 0 N–H and O–H groups in total. The van der Waals surface area contributed by atoms with Gasteiger partial charge >= 0.3 is 175 Å². The van der Waals surface area contributed by atoms with Crippen LogP contribution < -0.4 is 5.30 Å². The molecule has 2 heteroatoms. The molecule has 2 aliphatic rings. The fourth-order valence-corrected chi connectivity index (χ4v) is 13.0. The first-order valence-corrected chi connectivity index (χ1v) is 14.6. The van der Waals surface area contributed by atoms with Crippen LogP contribution in [-0.2, 0) is 22.9 Å². The predicted octanol–water partition coefficient (Wildman–Crippen LogP) is 6.25. The van der Waals surface area contributed by atoms with Crippen molar-refractivity contribution >= 4 is 26.0 Å². The third-order valence-corrected chi connectivity index (χ3v) is 14.6. The standard InChI is InChI=1S/C16H14P.C9H7.Hf/c1-12-6-2-5-9-16(12)17-15-10-13-7-3-4-8-14(13)11-15;1-2-5-9-7-3-6-8(9)4-1;/h2-11,17H,1H3;1-7H;. The maximum absolute atomic E-state index is 2.50. The van der Waals surface area contributed by atoms with E-state index >= 15 is 0 Å². The van der Waals surface area contributed by atoms with E-state index in [1.807, 2.05) is 0 Å². The van der Waals surface area contributed by atoms with Gasteiger partial charge in [0.1, 0.15) is 0 Å². The number of allylic oxidation sites excluding steroid dienone is 2. The summed E-state index contributed by atoms with van der Waals surface area (Å²) in [5.41, 5.74) is 7.49. The average molecular weight is 531 g/mol. The van der Waals surface area contributed by atoms with Crippen molar-refractivity contribution in [3.8, 4) is 0 Å². The van der Waals surface area contributed by atoms with Crippen molar-refractivity contribution in [3.05, 3.63) is 112 Å². The average Bonchev–Trinajstić information content (AvgIpc) is 3.26. The number of benzene rings is 3. The molecule has 0 fully saturated rings. The molecule has 0 spiro atoms. The predicted molar refractivity (Wildman–Crippen MR) is 115 cm³/mol. The van der Waals surface area contributed by atoms with Gasteiger partial charge in [-0.15, -0.1) is 0 Å². The Bertz CT molecular complexity index is 1060. The van der Waals surface area contributed by atoms with Crippen LogP contribution in [0.5, 0.6) is 0 Å². The molecule has 0 radical (unpaired) electrons. The molecule has 0 nitrogen and oxygen atoms in total. The Morgan fingerprint density at radius 2 is 1.48 bits per heavy atom. The zero-order valence-corrected chi connectivity index (χ0v) is 19.9. The second-order valence-electron chi connectivity index (χ2n) is 7.23. The number of hydrogen-bond acceptors (Lipinski definition) is 0. The third-order valence-electron chi connectivity index (χ3n) is 5.50. The van der Waals surface area contributed by atoms with Crippen molar-refractivity contribution in [3.63, 3.8) is 0 Å². The summed E-state index contributed by atoms with van der Waals surface area (Å²) in [6.07, 6.45) is 7.34. The Hall–Kier alpha value is -1.56. The van der Waals surface area contributed by atoms with Crippen molar-refractivity contribution in [1.82, 2.24) is 0 Å². The van der Waals surface area contributed by atoms with Gasteiger partial charge in [-0.3, -0.25) is 0 Å². The van der Waals surface area contributed by atoms with Crippen molar-refractivity contribution in [2.45, 2.75) is 14.3 Å². The summed E-state index contributed by atoms with van der Waals surface area (Å²) in [5.74, 6) is 0. The van der Waals surface area contributed by atoms with Gasteiger partial charge in [-0.1, -0.05) is 0 Å². The summed E-state index contributed by atoms with van der Waals surface area (Å²) >= 11 is -0.992. The minimum atomic E-state index is -0.992. The van der Waals surface area contributed by atoms with E-state index in [1.54, 1.807) is 16.4 Å². The molecule has 0 heterocycles. The Morgan fingerprint density at radius 1 is 0.778 bits per heavy atom. The third kappa shape index (κ3) is 3.37. The van der Waals surface area contributed by atoms with E-state index in [0.717, 1.165) is 8.58 Å². The fraction of sp³-hybridized carbons (Fsp3) is 0.120. The first-order chi connectivity index (χ1) is 13.3. The molecule has 0 bridgehead atoms. The van der Waals surface area contributed by atoms with Crippen LogP contribution >= 0.6 is 8.58 Å². The molecule has 2 aliphatic carbocycles. The summed E-state index contributed by atoms with van der Waals surface area (Å²) in [5, 5.41) is 3.18. The SMILES string of the molecule is Cc1ccccc1PC1=Cc2ccccc2[CH]1[Hf][CH]1C=Cc2ccccc21. The monoisotopic (exact) mass is 532 g/mol. The van der Waals surface area contributed by atoms with Gasteiger partial charge in [0.15, 0.2) is 0 Å². The molecule has 3 unspecified atom stereocenters. The minimum absolute atomic E-state index is 0.708. The van der Waals surface area contributed by atoms with Gasteiger partial charge in [-0.2, -0.15) is 0 Å². The molecular formula is C25H21HfP. The van der Waals surface area contributed by atoms with Crippen LogP contribution in [0, 0.1) is 6.92 Å². The molecule has 0 aliphatic heterocycles. The second kappa shape index (κ2) is 7.46. The Morgan fingerprint density at radius 3 is 2.33 bits per heavy atom. The van der Waals surface area contributed by atoms with E-state index < -0.39 is 22.9 Å². The Labute approximate surface area is 174 Å². The zero-order valence-electron chi connectivity index (χ0n) is 15.3. The summed E-state index contributed by atoms with van der Waals surface area (Å²) in [4.78, 5) is 0. The van der Waals surface area contributed by atoms with Crippen molar-refractivity contribution in [2.75, 3.05) is 0 Å². The molecule has 27 heavy (non-hydrogen) atoms. The van der Waals surface area contributed by atoms with Gasteiger partial charge in [0, 0.05) is 0 Å². The molecule has 0 aromatic heterocycles. The van der Waals surface area contributed by atoms with E-state index in [9.17, 15) is 0 Å². The maximum atomic E-state index is 2.50. The van der Waals surface area contributed by atoms with Crippen LogP contribution in [-0.4, -0.2) is 0 Å². The van der Waals surface area contributed by atoms with Crippen molar-refractivity contribution in [2.24, 2.45) is 0 Å². The van der Waals surface area contributed by atoms with Gasteiger partial charge in [-0.05, 0) is 0 Å².